The van der Waals surface area contributed by atoms with Gasteiger partial charge in [-0.3, -0.25) is 18.9 Å². The number of carbonyl (C=O) groups is 1. The summed E-state index contributed by atoms with van der Waals surface area (Å²) in [7, 11) is 0. The Hall–Kier alpha value is -2.19. The zero-order valence-corrected chi connectivity index (χ0v) is 19.7. The molecule has 164 valence electrons. The third kappa shape index (κ3) is 4.55. The average molecular weight is 457 g/mol. The molecule has 0 aromatic carbocycles. The molecule has 0 atom stereocenters. The van der Waals surface area contributed by atoms with E-state index < -0.39 is 0 Å². The molecule has 4 rings (SSSR count). The summed E-state index contributed by atoms with van der Waals surface area (Å²) in [5, 5.41) is 0. The third-order valence-corrected chi connectivity index (χ3v) is 7.15. The minimum Gasteiger partial charge on any atom is -0.356 e. The van der Waals surface area contributed by atoms with Gasteiger partial charge in [-0.05, 0) is 50.3 Å². The Balaban J connectivity index is 1.78. The van der Waals surface area contributed by atoms with E-state index in [1.807, 2.05) is 19.1 Å². The predicted octanol–water partition coefficient (Wildman–Crippen LogP) is 4.38. The van der Waals surface area contributed by atoms with E-state index in [1.54, 1.807) is 21.6 Å². The molecule has 2 aromatic heterocycles. The first kappa shape index (κ1) is 22.0. The van der Waals surface area contributed by atoms with Gasteiger partial charge in [-0.15, -0.1) is 0 Å². The molecule has 2 fully saturated rings. The maximum absolute atomic E-state index is 13.5. The van der Waals surface area contributed by atoms with E-state index in [0.29, 0.717) is 32.8 Å². The van der Waals surface area contributed by atoms with E-state index in [2.05, 4.69) is 11.8 Å². The summed E-state index contributed by atoms with van der Waals surface area (Å²) in [6.45, 7) is 6.45. The molecule has 0 aliphatic carbocycles. The fourth-order valence-electron chi connectivity index (χ4n) is 4.06. The number of hydrogen-bond donors (Lipinski definition) is 0. The van der Waals surface area contributed by atoms with Crippen LogP contribution in [0.25, 0.3) is 11.7 Å². The fourth-order valence-corrected chi connectivity index (χ4v) is 5.35. The van der Waals surface area contributed by atoms with Gasteiger partial charge in [-0.1, -0.05) is 49.8 Å². The summed E-state index contributed by atoms with van der Waals surface area (Å²) in [6, 6.07) is 3.84. The Morgan fingerprint density at radius 3 is 2.68 bits per heavy atom. The van der Waals surface area contributed by atoms with Gasteiger partial charge >= 0.3 is 0 Å². The largest absolute Gasteiger partial charge is 0.356 e. The van der Waals surface area contributed by atoms with Crippen LogP contribution in [0.2, 0.25) is 0 Å². The Kier molecular flexibility index (Phi) is 6.77. The second-order valence-electron chi connectivity index (χ2n) is 8.18. The summed E-state index contributed by atoms with van der Waals surface area (Å²) in [6.07, 6.45) is 9.93. The average Bonchev–Trinajstić information content (AvgIpc) is 3.04. The maximum Gasteiger partial charge on any atom is 0.267 e. The number of carbonyl (C=O) groups excluding carboxylic acids is 1. The first-order chi connectivity index (χ1) is 15.0. The number of aryl methyl sites for hydroxylation is 1. The first-order valence-electron chi connectivity index (χ1n) is 11.0. The van der Waals surface area contributed by atoms with Crippen molar-refractivity contribution in [2.45, 2.75) is 52.4 Å². The summed E-state index contributed by atoms with van der Waals surface area (Å²) in [5.41, 5.74) is 1.93. The molecule has 0 unspecified atom stereocenters. The molecule has 0 bridgehead atoms. The second-order valence-corrected chi connectivity index (χ2v) is 9.85. The molecule has 0 saturated carbocycles. The summed E-state index contributed by atoms with van der Waals surface area (Å²) in [5.74, 6) is 0.564. The van der Waals surface area contributed by atoms with Crippen molar-refractivity contribution in [1.82, 2.24) is 14.3 Å². The first-order valence-corrected chi connectivity index (χ1v) is 12.3. The van der Waals surface area contributed by atoms with Gasteiger partial charge in [0.1, 0.15) is 15.8 Å². The van der Waals surface area contributed by atoms with Gasteiger partial charge in [0, 0.05) is 25.8 Å². The number of fused-ring (bicyclic) bond motifs is 1. The second kappa shape index (κ2) is 9.53. The zero-order valence-electron chi connectivity index (χ0n) is 18.1. The van der Waals surface area contributed by atoms with Gasteiger partial charge in [-0.2, -0.15) is 0 Å². The van der Waals surface area contributed by atoms with Gasteiger partial charge in [0.25, 0.3) is 11.5 Å². The number of anilines is 1. The normalized spacial score (nSPS) is 18.6. The van der Waals surface area contributed by atoms with Crippen molar-refractivity contribution in [3.63, 3.8) is 0 Å². The van der Waals surface area contributed by atoms with E-state index in [4.69, 9.17) is 17.2 Å². The molecule has 0 spiro atoms. The van der Waals surface area contributed by atoms with Crippen LogP contribution in [0.5, 0.6) is 0 Å². The highest BCUT2D eigenvalue weighted by Gasteiger charge is 2.32. The molecule has 0 radical (unpaired) electrons. The highest BCUT2D eigenvalue weighted by atomic mass is 32.2. The number of rotatable bonds is 6. The van der Waals surface area contributed by atoms with Crippen LogP contribution in [0, 0.1) is 6.92 Å². The predicted molar refractivity (Wildman–Crippen MR) is 132 cm³/mol. The minimum atomic E-state index is -0.148. The number of thioether (sulfide) groups is 1. The van der Waals surface area contributed by atoms with Crippen LogP contribution in [0.3, 0.4) is 0 Å². The van der Waals surface area contributed by atoms with E-state index in [-0.39, 0.29) is 11.5 Å². The number of hydrogen-bond acceptors (Lipinski definition) is 6. The Morgan fingerprint density at radius 1 is 1.16 bits per heavy atom. The smallest absolute Gasteiger partial charge is 0.267 e. The van der Waals surface area contributed by atoms with Crippen LogP contribution in [-0.2, 0) is 4.79 Å². The van der Waals surface area contributed by atoms with Crippen molar-refractivity contribution in [3.8, 4) is 0 Å². The van der Waals surface area contributed by atoms with Crippen LogP contribution in [0.15, 0.2) is 28.0 Å². The number of unbranched alkanes of at least 4 members (excludes halogenated alkanes) is 2. The molecule has 2 saturated heterocycles. The number of amides is 1. The quantitative estimate of drug-likeness (QED) is 0.365. The molecule has 8 heteroatoms. The van der Waals surface area contributed by atoms with E-state index >= 15 is 0 Å². The lowest BCUT2D eigenvalue weighted by Crippen LogP contribution is -2.33. The number of thiocarbonyl (C=S) groups is 1. The zero-order chi connectivity index (χ0) is 22.0. The molecular weight excluding hydrogens is 428 g/mol. The van der Waals surface area contributed by atoms with Crippen molar-refractivity contribution in [1.29, 1.82) is 0 Å². The van der Waals surface area contributed by atoms with E-state index in [1.165, 1.54) is 18.2 Å². The fraction of sp³-hybridized carbons (Fsp3) is 0.478. The lowest BCUT2D eigenvalue weighted by Gasteiger charge is -2.29. The molecule has 1 amide bonds. The van der Waals surface area contributed by atoms with Gasteiger partial charge in [-0.25, -0.2) is 4.98 Å². The molecule has 2 aromatic rings. The highest BCUT2D eigenvalue weighted by Crippen LogP contribution is 2.34. The Labute approximate surface area is 192 Å². The summed E-state index contributed by atoms with van der Waals surface area (Å²) < 4.78 is 2.15. The van der Waals surface area contributed by atoms with E-state index in [9.17, 15) is 9.59 Å². The van der Waals surface area contributed by atoms with Crippen molar-refractivity contribution in [2.75, 3.05) is 24.5 Å². The van der Waals surface area contributed by atoms with Gasteiger partial charge < -0.3 is 4.90 Å². The lowest BCUT2D eigenvalue weighted by molar-refractivity contribution is -0.122. The summed E-state index contributed by atoms with van der Waals surface area (Å²) in [4.78, 5) is 35.7. The topological polar surface area (TPSA) is 57.9 Å². The molecule has 4 heterocycles. The Morgan fingerprint density at radius 2 is 1.94 bits per heavy atom. The SMILES string of the molecule is CCCCCN1C(=O)/C(=C\c2c(N3CCCCC3)nc3ccc(C)cn3c2=O)SC1=S. The van der Waals surface area contributed by atoms with Crippen molar-refractivity contribution < 1.29 is 4.79 Å². The highest BCUT2D eigenvalue weighted by molar-refractivity contribution is 8.26. The third-order valence-electron chi connectivity index (χ3n) is 5.78. The summed E-state index contributed by atoms with van der Waals surface area (Å²) >= 11 is 6.74. The molecule has 31 heavy (non-hydrogen) atoms. The molecule has 2 aliphatic heterocycles. The van der Waals surface area contributed by atoms with Gasteiger partial charge in [0.05, 0.1) is 10.5 Å². The molecule has 6 nitrogen and oxygen atoms in total. The van der Waals surface area contributed by atoms with Crippen molar-refractivity contribution in [2.24, 2.45) is 0 Å². The number of nitrogens with zero attached hydrogens (tertiary/aromatic N) is 4. The molecular formula is C23H28N4O2S2. The number of piperidine rings is 1. The number of pyridine rings is 1. The minimum absolute atomic E-state index is 0.107. The van der Waals surface area contributed by atoms with Gasteiger partial charge in [0.15, 0.2) is 0 Å². The van der Waals surface area contributed by atoms with Gasteiger partial charge in [0.2, 0.25) is 0 Å². The van der Waals surface area contributed by atoms with Crippen LogP contribution >= 0.6 is 24.0 Å². The van der Waals surface area contributed by atoms with Crippen LogP contribution in [0.1, 0.15) is 56.6 Å². The Bertz CT molecular complexity index is 1100. The van der Waals surface area contributed by atoms with Crippen molar-refractivity contribution >= 4 is 51.7 Å². The maximum atomic E-state index is 13.5. The number of aromatic nitrogens is 2. The standard InChI is InChI=1S/C23H28N4O2S2/c1-3-4-6-13-26-22(29)18(31-23(26)30)14-17-20(25-11-7-5-8-12-25)24-19-10-9-16(2)15-27(19)21(17)28/h9-10,14-15H,3-8,11-13H2,1-2H3/b18-14+. The lowest BCUT2D eigenvalue weighted by atomic mass is 10.1. The molecule has 2 aliphatic rings. The van der Waals surface area contributed by atoms with Crippen LogP contribution < -0.4 is 10.5 Å². The molecule has 0 N–H and O–H groups in total. The monoisotopic (exact) mass is 456 g/mol. The van der Waals surface area contributed by atoms with E-state index in [0.717, 1.165) is 50.8 Å². The van der Waals surface area contributed by atoms with Crippen LogP contribution in [-0.4, -0.2) is 44.1 Å². The van der Waals surface area contributed by atoms with Crippen LogP contribution in [0.4, 0.5) is 5.82 Å². The van der Waals surface area contributed by atoms with Crippen molar-refractivity contribution in [3.05, 3.63) is 44.7 Å².